The maximum absolute atomic E-state index is 13.0. The second-order valence-corrected chi connectivity index (χ2v) is 6.15. The first-order valence-corrected chi connectivity index (χ1v) is 7.95. The molecule has 4 nitrogen and oxygen atoms in total. The smallest absolute Gasteiger partial charge is 0.260 e. The number of carbonyl (C=O) groups excluding carboxylic acids is 1. The lowest BCUT2D eigenvalue weighted by Gasteiger charge is -2.24. The number of nitrogens with one attached hydrogen (secondary N) is 2. The third kappa shape index (κ3) is 5.74. The lowest BCUT2D eigenvalue weighted by atomic mass is 10.00. The highest BCUT2D eigenvalue weighted by atomic mass is 79.9. The molecule has 1 heterocycles. The van der Waals surface area contributed by atoms with Crippen LogP contribution in [0.1, 0.15) is 19.8 Å². The molecule has 1 aromatic rings. The molecule has 0 saturated carbocycles. The van der Waals surface area contributed by atoms with Crippen LogP contribution in [0, 0.1) is 11.7 Å². The first-order chi connectivity index (χ1) is 10.1. The number of ether oxygens (including phenoxy) is 1. The van der Waals surface area contributed by atoms with E-state index >= 15 is 0 Å². The molecule has 2 atom stereocenters. The van der Waals surface area contributed by atoms with Crippen LogP contribution in [0.3, 0.4) is 0 Å². The van der Waals surface area contributed by atoms with Crippen molar-refractivity contribution in [3.63, 3.8) is 0 Å². The highest BCUT2D eigenvalue weighted by molar-refractivity contribution is 9.10. The van der Waals surface area contributed by atoms with Crippen LogP contribution in [0.5, 0.6) is 5.75 Å². The van der Waals surface area contributed by atoms with Gasteiger partial charge in [0.1, 0.15) is 11.6 Å². The van der Waals surface area contributed by atoms with Crippen LogP contribution < -0.4 is 15.4 Å². The molecule has 2 N–H and O–H groups in total. The van der Waals surface area contributed by atoms with Crippen molar-refractivity contribution in [1.82, 2.24) is 10.6 Å². The Labute approximate surface area is 144 Å². The molecule has 1 aromatic carbocycles. The fraction of sp³-hybridized carbons (Fsp3) is 0.533. The van der Waals surface area contributed by atoms with Gasteiger partial charge in [-0.2, -0.15) is 0 Å². The fourth-order valence-corrected chi connectivity index (χ4v) is 2.75. The van der Waals surface area contributed by atoms with E-state index in [9.17, 15) is 9.18 Å². The monoisotopic (exact) mass is 394 g/mol. The SMILES string of the molecule is CC(Oc1ccc(F)cc1Br)C(=O)NCC1CCCNC1.Cl. The van der Waals surface area contributed by atoms with E-state index in [0.29, 0.717) is 22.7 Å². The first-order valence-electron chi connectivity index (χ1n) is 7.16. The molecule has 0 spiro atoms. The predicted octanol–water partition coefficient (Wildman–Crippen LogP) is 2.89. The van der Waals surface area contributed by atoms with Gasteiger partial charge >= 0.3 is 0 Å². The van der Waals surface area contributed by atoms with Gasteiger partial charge in [-0.25, -0.2) is 4.39 Å². The molecule has 0 radical (unpaired) electrons. The Hall–Kier alpha value is -0.850. The van der Waals surface area contributed by atoms with Crippen LogP contribution in [0.25, 0.3) is 0 Å². The minimum atomic E-state index is -0.622. The largest absolute Gasteiger partial charge is 0.480 e. The summed E-state index contributed by atoms with van der Waals surface area (Å²) in [5.74, 6) is 0.429. The summed E-state index contributed by atoms with van der Waals surface area (Å²) in [6, 6.07) is 4.13. The summed E-state index contributed by atoms with van der Waals surface area (Å²) in [5.41, 5.74) is 0. The summed E-state index contributed by atoms with van der Waals surface area (Å²) >= 11 is 3.22. The third-order valence-corrected chi connectivity index (χ3v) is 4.15. The van der Waals surface area contributed by atoms with Crippen LogP contribution in [-0.4, -0.2) is 31.6 Å². The van der Waals surface area contributed by atoms with E-state index in [2.05, 4.69) is 26.6 Å². The number of benzene rings is 1. The average Bonchev–Trinajstić information content (AvgIpc) is 2.48. The summed E-state index contributed by atoms with van der Waals surface area (Å²) in [5, 5.41) is 6.23. The number of hydrogen-bond acceptors (Lipinski definition) is 3. The fourth-order valence-electron chi connectivity index (χ4n) is 2.30. The van der Waals surface area contributed by atoms with Gasteiger partial charge < -0.3 is 15.4 Å². The zero-order valence-electron chi connectivity index (χ0n) is 12.4. The number of rotatable bonds is 5. The van der Waals surface area contributed by atoms with Crippen molar-refractivity contribution < 1.29 is 13.9 Å². The Balaban J connectivity index is 0.00000242. The van der Waals surface area contributed by atoms with Gasteiger partial charge in [0.25, 0.3) is 5.91 Å². The molecule has 22 heavy (non-hydrogen) atoms. The molecule has 2 unspecified atom stereocenters. The minimum Gasteiger partial charge on any atom is -0.480 e. The van der Waals surface area contributed by atoms with Crippen molar-refractivity contribution in [2.24, 2.45) is 5.92 Å². The molecule has 124 valence electrons. The van der Waals surface area contributed by atoms with Gasteiger partial charge in [-0.05, 0) is 72.9 Å². The zero-order valence-corrected chi connectivity index (χ0v) is 14.8. The molecule has 0 aliphatic carbocycles. The molecule has 1 amide bonds. The maximum Gasteiger partial charge on any atom is 0.260 e. The van der Waals surface area contributed by atoms with Gasteiger partial charge in [-0.1, -0.05) is 0 Å². The van der Waals surface area contributed by atoms with Crippen molar-refractivity contribution in [2.75, 3.05) is 19.6 Å². The van der Waals surface area contributed by atoms with E-state index < -0.39 is 6.10 Å². The molecule has 0 aromatic heterocycles. The number of carbonyl (C=O) groups is 1. The van der Waals surface area contributed by atoms with Crippen LogP contribution in [0.2, 0.25) is 0 Å². The van der Waals surface area contributed by atoms with Gasteiger partial charge in [0.2, 0.25) is 0 Å². The molecule has 2 rings (SSSR count). The average molecular weight is 396 g/mol. The van der Waals surface area contributed by atoms with E-state index in [1.54, 1.807) is 6.92 Å². The molecule has 1 aliphatic heterocycles. The van der Waals surface area contributed by atoms with Crippen molar-refractivity contribution >= 4 is 34.2 Å². The van der Waals surface area contributed by atoms with E-state index in [0.717, 1.165) is 25.9 Å². The van der Waals surface area contributed by atoms with Gasteiger partial charge in [-0.15, -0.1) is 12.4 Å². The van der Waals surface area contributed by atoms with E-state index in [1.165, 1.54) is 18.2 Å². The Bertz CT molecular complexity index is 498. The first kappa shape index (κ1) is 19.2. The highest BCUT2D eigenvalue weighted by Gasteiger charge is 2.19. The van der Waals surface area contributed by atoms with Crippen LogP contribution in [0.15, 0.2) is 22.7 Å². The van der Waals surface area contributed by atoms with E-state index in [1.807, 2.05) is 0 Å². The summed E-state index contributed by atoms with van der Waals surface area (Å²) in [7, 11) is 0. The number of amides is 1. The lowest BCUT2D eigenvalue weighted by molar-refractivity contribution is -0.127. The standard InChI is InChI=1S/C15H20BrFN2O2.ClH/c1-10(21-14-5-4-12(17)7-13(14)16)15(20)19-9-11-3-2-6-18-8-11;/h4-5,7,10-11,18H,2-3,6,8-9H2,1H3,(H,19,20);1H. The second-order valence-electron chi connectivity index (χ2n) is 5.29. The molecule has 1 saturated heterocycles. The zero-order chi connectivity index (χ0) is 15.2. The Kier molecular flexibility index (Phi) is 8.14. The maximum atomic E-state index is 13.0. The number of hydrogen-bond donors (Lipinski definition) is 2. The van der Waals surface area contributed by atoms with Crippen LogP contribution in [0.4, 0.5) is 4.39 Å². The highest BCUT2D eigenvalue weighted by Crippen LogP contribution is 2.26. The van der Waals surface area contributed by atoms with Gasteiger partial charge in [-0.3, -0.25) is 4.79 Å². The minimum absolute atomic E-state index is 0. The molecule has 1 fully saturated rings. The molecule has 0 bridgehead atoms. The number of piperidine rings is 1. The Morgan fingerprint density at radius 1 is 1.59 bits per heavy atom. The lowest BCUT2D eigenvalue weighted by Crippen LogP contribution is -2.42. The van der Waals surface area contributed by atoms with Crippen molar-refractivity contribution in [2.45, 2.75) is 25.9 Å². The molecule has 7 heteroatoms. The van der Waals surface area contributed by atoms with Crippen LogP contribution >= 0.6 is 28.3 Å². The van der Waals surface area contributed by atoms with Gasteiger partial charge in [0.15, 0.2) is 6.10 Å². The molecule has 1 aliphatic rings. The summed E-state index contributed by atoms with van der Waals surface area (Å²) in [6.07, 6.45) is 1.66. The summed E-state index contributed by atoms with van der Waals surface area (Å²) in [4.78, 5) is 12.0. The topological polar surface area (TPSA) is 50.4 Å². The number of halogens is 3. The molecular weight excluding hydrogens is 375 g/mol. The Morgan fingerprint density at radius 3 is 3.00 bits per heavy atom. The molecular formula is C15H21BrClFN2O2. The normalized spacial score (nSPS) is 19.0. The van der Waals surface area contributed by atoms with E-state index in [4.69, 9.17) is 4.74 Å². The Morgan fingerprint density at radius 2 is 2.36 bits per heavy atom. The van der Waals surface area contributed by atoms with Gasteiger partial charge in [0.05, 0.1) is 4.47 Å². The van der Waals surface area contributed by atoms with Crippen molar-refractivity contribution in [1.29, 1.82) is 0 Å². The quantitative estimate of drug-likeness (QED) is 0.806. The van der Waals surface area contributed by atoms with Crippen molar-refractivity contribution in [3.05, 3.63) is 28.5 Å². The van der Waals surface area contributed by atoms with Gasteiger partial charge in [0, 0.05) is 6.54 Å². The van der Waals surface area contributed by atoms with Crippen LogP contribution in [-0.2, 0) is 4.79 Å². The third-order valence-electron chi connectivity index (χ3n) is 3.53. The summed E-state index contributed by atoms with van der Waals surface area (Å²) in [6.45, 7) is 4.34. The van der Waals surface area contributed by atoms with Crippen molar-refractivity contribution in [3.8, 4) is 5.75 Å². The summed E-state index contributed by atoms with van der Waals surface area (Å²) < 4.78 is 19.1. The second kappa shape index (κ2) is 9.33. The predicted molar refractivity (Wildman–Crippen MR) is 90.0 cm³/mol. The van der Waals surface area contributed by atoms with E-state index in [-0.39, 0.29) is 24.1 Å².